The predicted octanol–water partition coefficient (Wildman–Crippen LogP) is 1.39. The van der Waals surface area contributed by atoms with Crippen molar-refractivity contribution in [3.05, 3.63) is 34.9 Å². The fourth-order valence-electron chi connectivity index (χ4n) is 1.99. The van der Waals surface area contributed by atoms with Gasteiger partial charge in [-0.15, -0.1) is 0 Å². The van der Waals surface area contributed by atoms with E-state index in [0.717, 1.165) is 12.0 Å². The van der Waals surface area contributed by atoms with Crippen molar-refractivity contribution in [1.29, 1.82) is 0 Å². The Balaban J connectivity index is 2.26. The Labute approximate surface area is 118 Å². The van der Waals surface area contributed by atoms with Gasteiger partial charge in [0.25, 0.3) is 5.91 Å². The van der Waals surface area contributed by atoms with Gasteiger partial charge in [0.2, 0.25) is 0 Å². The first kappa shape index (κ1) is 13.7. The van der Waals surface area contributed by atoms with E-state index in [-0.39, 0.29) is 18.1 Å². The minimum atomic E-state index is -1.05. The highest BCUT2D eigenvalue weighted by atomic mass is 79.9. The quantitative estimate of drug-likeness (QED) is 0.647. The molecule has 1 atom stereocenters. The van der Waals surface area contributed by atoms with E-state index >= 15 is 0 Å². The van der Waals surface area contributed by atoms with E-state index in [9.17, 15) is 14.4 Å². The number of carbonyl (C=O) groups is 3. The van der Waals surface area contributed by atoms with Crippen LogP contribution in [0.5, 0.6) is 0 Å². The monoisotopic (exact) mass is 325 g/mol. The predicted molar refractivity (Wildman–Crippen MR) is 71.8 cm³/mol. The van der Waals surface area contributed by atoms with Crippen LogP contribution >= 0.6 is 15.9 Å². The van der Waals surface area contributed by atoms with Crippen LogP contribution in [0.1, 0.15) is 32.7 Å². The highest BCUT2D eigenvalue weighted by Crippen LogP contribution is 2.19. The molecule has 5 nitrogen and oxygen atoms in total. The first-order chi connectivity index (χ1) is 8.99. The van der Waals surface area contributed by atoms with Crippen molar-refractivity contribution < 1.29 is 19.5 Å². The molecule has 2 N–H and O–H groups in total. The van der Waals surface area contributed by atoms with Crippen molar-refractivity contribution in [2.75, 3.05) is 6.54 Å². The Morgan fingerprint density at radius 1 is 1.42 bits per heavy atom. The molecule has 0 saturated carbocycles. The number of benzene rings is 1. The Kier molecular flexibility index (Phi) is 3.99. The van der Waals surface area contributed by atoms with Gasteiger partial charge in [-0.1, -0.05) is 28.1 Å². The Morgan fingerprint density at radius 2 is 2.16 bits per heavy atom. The van der Waals surface area contributed by atoms with Gasteiger partial charge in [-0.3, -0.25) is 14.4 Å². The van der Waals surface area contributed by atoms with E-state index in [1.807, 2.05) is 0 Å². The number of aliphatic carboxylic acids is 1. The van der Waals surface area contributed by atoms with E-state index in [4.69, 9.17) is 5.11 Å². The summed E-state index contributed by atoms with van der Waals surface area (Å²) in [5.74, 6) is -1.57. The lowest BCUT2D eigenvalue weighted by Crippen LogP contribution is -2.32. The Morgan fingerprint density at radius 3 is 2.84 bits per heavy atom. The van der Waals surface area contributed by atoms with Crippen LogP contribution in [0, 0.1) is 0 Å². The number of alkyl halides is 1. The summed E-state index contributed by atoms with van der Waals surface area (Å²) in [4.78, 5) is 33.5. The molecule has 0 radical (unpaired) electrons. The van der Waals surface area contributed by atoms with Crippen LogP contribution in [0.3, 0.4) is 0 Å². The van der Waals surface area contributed by atoms with Gasteiger partial charge in [0.1, 0.15) is 0 Å². The van der Waals surface area contributed by atoms with Crippen LogP contribution < -0.4 is 5.32 Å². The second kappa shape index (κ2) is 5.52. The van der Waals surface area contributed by atoms with Crippen LogP contribution in [0.4, 0.5) is 0 Å². The lowest BCUT2D eigenvalue weighted by atomic mass is 9.95. The van der Waals surface area contributed by atoms with E-state index in [1.54, 1.807) is 12.1 Å². The summed E-state index contributed by atoms with van der Waals surface area (Å²) in [5, 5.41) is 11.4. The second-order valence-electron chi connectivity index (χ2n) is 4.31. The van der Waals surface area contributed by atoms with Gasteiger partial charge >= 0.3 is 5.97 Å². The van der Waals surface area contributed by atoms with Crippen molar-refractivity contribution in [2.24, 2.45) is 0 Å². The largest absolute Gasteiger partial charge is 0.481 e. The summed E-state index contributed by atoms with van der Waals surface area (Å²) >= 11 is 3.06. The third-order valence-electron chi connectivity index (χ3n) is 2.96. The third kappa shape index (κ3) is 3.01. The van der Waals surface area contributed by atoms with Crippen LogP contribution in [-0.4, -0.2) is 34.1 Å². The second-order valence-corrected chi connectivity index (χ2v) is 5.41. The van der Waals surface area contributed by atoms with Gasteiger partial charge in [0.05, 0.1) is 11.2 Å². The summed E-state index contributed by atoms with van der Waals surface area (Å²) < 4.78 is 0. The van der Waals surface area contributed by atoms with Gasteiger partial charge in [-0.2, -0.15) is 0 Å². The molecule has 1 unspecified atom stereocenters. The zero-order chi connectivity index (χ0) is 14.0. The third-order valence-corrected chi connectivity index (χ3v) is 3.70. The molecule has 1 amide bonds. The molecule has 0 aromatic heterocycles. The average molecular weight is 326 g/mol. The van der Waals surface area contributed by atoms with Crippen LogP contribution in [0.2, 0.25) is 0 Å². The summed E-state index contributed by atoms with van der Waals surface area (Å²) in [5.41, 5.74) is 1.75. The summed E-state index contributed by atoms with van der Waals surface area (Å²) in [6.45, 7) is 0.596. The topological polar surface area (TPSA) is 83.5 Å². The molecular formula is C13H12BrNO4. The number of ketones is 1. The minimum Gasteiger partial charge on any atom is -0.481 e. The molecule has 0 saturated heterocycles. The molecule has 19 heavy (non-hydrogen) atoms. The molecule has 2 rings (SSSR count). The molecule has 100 valence electrons. The average Bonchev–Trinajstić information content (AvgIpc) is 2.37. The smallest absolute Gasteiger partial charge is 0.304 e. The van der Waals surface area contributed by atoms with Crippen LogP contribution in [0.15, 0.2) is 18.2 Å². The highest BCUT2D eigenvalue weighted by Gasteiger charge is 2.23. The number of rotatable bonds is 4. The van der Waals surface area contributed by atoms with Crippen molar-refractivity contribution >= 4 is 33.6 Å². The molecule has 1 aliphatic heterocycles. The Bertz CT molecular complexity index is 556. The SMILES string of the molecule is O=C(O)CC(Br)C(=O)c1ccc2c(c1)C(=O)NCC2. The maximum Gasteiger partial charge on any atom is 0.304 e. The maximum absolute atomic E-state index is 12.0. The number of carboxylic acids is 1. The van der Waals surface area contributed by atoms with Crippen molar-refractivity contribution in [2.45, 2.75) is 17.7 Å². The molecule has 0 fully saturated rings. The molecule has 0 aliphatic carbocycles. The highest BCUT2D eigenvalue weighted by molar-refractivity contribution is 9.10. The van der Waals surface area contributed by atoms with Gasteiger partial charge in [0.15, 0.2) is 5.78 Å². The van der Waals surface area contributed by atoms with Crippen molar-refractivity contribution in [3.8, 4) is 0 Å². The number of carbonyl (C=O) groups excluding carboxylic acids is 2. The number of halogens is 1. The van der Waals surface area contributed by atoms with E-state index < -0.39 is 10.8 Å². The summed E-state index contributed by atoms with van der Waals surface area (Å²) in [7, 11) is 0. The van der Waals surface area contributed by atoms with Crippen molar-refractivity contribution in [3.63, 3.8) is 0 Å². The van der Waals surface area contributed by atoms with Gasteiger partial charge in [-0.05, 0) is 18.1 Å². The normalized spacial score (nSPS) is 15.3. The Hall–Kier alpha value is -1.69. The number of nitrogens with one attached hydrogen (secondary N) is 1. The van der Waals surface area contributed by atoms with Crippen LogP contribution in [-0.2, 0) is 11.2 Å². The number of carboxylic acid groups (broad SMARTS) is 1. The molecule has 1 aliphatic rings. The van der Waals surface area contributed by atoms with Crippen LogP contribution in [0.25, 0.3) is 0 Å². The molecular weight excluding hydrogens is 314 g/mol. The van der Waals surface area contributed by atoms with E-state index in [1.165, 1.54) is 6.07 Å². The minimum absolute atomic E-state index is 0.194. The zero-order valence-corrected chi connectivity index (χ0v) is 11.6. The molecule has 0 spiro atoms. The zero-order valence-electron chi connectivity index (χ0n) is 9.98. The number of fused-ring (bicyclic) bond motifs is 1. The molecule has 6 heteroatoms. The molecule has 0 bridgehead atoms. The number of Topliss-reactive ketones (excluding diaryl/α,β-unsaturated/α-hetero) is 1. The van der Waals surface area contributed by atoms with Gasteiger partial charge < -0.3 is 10.4 Å². The lowest BCUT2D eigenvalue weighted by Gasteiger charge is -2.17. The first-order valence-corrected chi connectivity index (χ1v) is 6.72. The molecule has 1 aromatic carbocycles. The molecule has 1 aromatic rings. The number of hydrogen-bond donors (Lipinski definition) is 2. The lowest BCUT2D eigenvalue weighted by molar-refractivity contribution is -0.136. The van der Waals surface area contributed by atoms with E-state index in [0.29, 0.717) is 17.7 Å². The van der Waals surface area contributed by atoms with Gasteiger partial charge in [-0.25, -0.2) is 0 Å². The summed E-state index contributed by atoms with van der Waals surface area (Å²) in [6.07, 6.45) is 0.449. The summed E-state index contributed by atoms with van der Waals surface area (Å²) in [6, 6.07) is 4.92. The van der Waals surface area contributed by atoms with Gasteiger partial charge in [0, 0.05) is 17.7 Å². The fraction of sp³-hybridized carbons (Fsp3) is 0.308. The standard InChI is InChI=1S/C13H12BrNO4/c14-10(6-11(16)17)12(18)8-2-1-7-3-4-15-13(19)9(7)5-8/h1-2,5,10H,3-4,6H2,(H,15,19)(H,16,17). The van der Waals surface area contributed by atoms with E-state index in [2.05, 4.69) is 21.2 Å². The molecule has 1 heterocycles. The fourth-order valence-corrected chi connectivity index (χ4v) is 2.53. The first-order valence-electron chi connectivity index (χ1n) is 5.80. The maximum atomic E-state index is 12.0. The number of amides is 1. The number of hydrogen-bond acceptors (Lipinski definition) is 3. The van der Waals surface area contributed by atoms with Crippen molar-refractivity contribution in [1.82, 2.24) is 5.32 Å².